The van der Waals surface area contributed by atoms with Crippen LogP contribution < -0.4 is 5.32 Å². The van der Waals surface area contributed by atoms with E-state index in [0.29, 0.717) is 12.5 Å². The van der Waals surface area contributed by atoms with E-state index in [4.69, 9.17) is 0 Å². The maximum atomic E-state index is 9.96. The van der Waals surface area contributed by atoms with Crippen molar-refractivity contribution in [1.29, 1.82) is 0 Å². The van der Waals surface area contributed by atoms with Gasteiger partial charge in [0, 0.05) is 42.7 Å². The van der Waals surface area contributed by atoms with Gasteiger partial charge in [0.2, 0.25) is 0 Å². The molecule has 1 fully saturated rings. The van der Waals surface area contributed by atoms with Crippen LogP contribution in [0.5, 0.6) is 0 Å². The van der Waals surface area contributed by atoms with Crippen LogP contribution >= 0.6 is 11.5 Å². The summed E-state index contributed by atoms with van der Waals surface area (Å²) in [7, 11) is 1.92. The zero-order valence-electron chi connectivity index (χ0n) is 14.0. The number of hydrogen-bond acceptors (Lipinski definition) is 6. The van der Waals surface area contributed by atoms with Crippen LogP contribution in [-0.2, 0) is 13.6 Å². The third kappa shape index (κ3) is 3.32. The Labute approximate surface area is 141 Å². The lowest BCUT2D eigenvalue weighted by atomic mass is 9.63. The van der Waals surface area contributed by atoms with Crippen LogP contribution in [0.1, 0.15) is 61.5 Å². The van der Waals surface area contributed by atoms with Crippen molar-refractivity contribution in [2.45, 2.75) is 51.6 Å². The Hall–Kier alpha value is -1.31. The number of nitrogens with zero attached hydrogens (tertiary/aromatic N) is 4. The van der Waals surface area contributed by atoms with Crippen molar-refractivity contribution in [3.63, 3.8) is 0 Å². The predicted molar refractivity (Wildman–Crippen MR) is 90.2 cm³/mol. The van der Waals surface area contributed by atoms with Crippen molar-refractivity contribution in [2.75, 3.05) is 6.61 Å². The molecule has 126 valence electrons. The zero-order chi connectivity index (χ0) is 16.4. The third-order valence-electron chi connectivity index (χ3n) is 4.79. The second-order valence-corrected chi connectivity index (χ2v) is 7.67. The van der Waals surface area contributed by atoms with Gasteiger partial charge >= 0.3 is 0 Å². The van der Waals surface area contributed by atoms with Crippen LogP contribution in [0.3, 0.4) is 0 Å². The van der Waals surface area contributed by atoms with Crippen molar-refractivity contribution >= 4 is 11.5 Å². The van der Waals surface area contributed by atoms with Crippen LogP contribution in [0.15, 0.2) is 12.4 Å². The summed E-state index contributed by atoms with van der Waals surface area (Å²) in [5.41, 5.74) is 1.06. The summed E-state index contributed by atoms with van der Waals surface area (Å²) in [4.78, 5) is 4.59. The van der Waals surface area contributed by atoms with Gasteiger partial charge in [-0.05, 0) is 24.4 Å². The first kappa shape index (κ1) is 16.5. The Bertz CT molecular complexity index is 641. The zero-order valence-corrected chi connectivity index (χ0v) is 14.8. The average molecular weight is 335 g/mol. The largest absolute Gasteiger partial charge is 0.396 e. The minimum atomic E-state index is -0.0748. The number of hydrogen-bond donors (Lipinski definition) is 2. The molecule has 0 aliphatic heterocycles. The normalized spacial score (nSPS) is 18.1. The van der Waals surface area contributed by atoms with Gasteiger partial charge in [-0.1, -0.05) is 20.3 Å². The number of aryl methyl sites for hydroxylation is 1. The van der Waals surface area contributed by atoms with E-state index in [2.05, 4.69) is 33.6 Å². The summed E-state index contributed by atoms with van der Waals surface area (Å²) < 4.78 is 6.23. The highest BCUT2D eigenvalue weighted by Crippen LogP contribution is 2.49. The monoisotopic (exact) mass is 335 g/mol. The van der Waals surface area contributed by atoms with Crippen LogP contribution in [-0.4, -0.2) is 30.9 Å². The van der Waals surface area contributed by atoms with Crippen molar-refractivity contribution in [2.24, 2.45) is 12.5 Å². The van der Waals surface area contributed by atoms with E-state index in [1.807, 2.05) is 24.1 Å². The van der Waals surface area contributed by atoms with E-state index in [1.165, 1.54) is 18.0 Å². The Morgan fingerprint density at radius 2 is 2.22 bits per heavy atom. The molecule has 0 spiro atoms. The van der Waals surface area contributed by atoms with E-state index in [-0.39, 0.29) is 18.1 Å². The summed E-state index contributed by atoms with van der Waals surface area (Å²) in [5.74, 6) is 1.26. The van der Waals surface area contributed by atoms with Gasteiger partial charge in [0.25, 0.3) is 0 Å². The minimum Gasteiger partial charge on any atom is -0.396 e. The standard InChI is InChI=1S/C16H25N5OS/c1-11(2)15-19-13(23-20-15)8-17-14(12-7-18-21(3)9-12)16(10-22)5-4-6-16/h7,9,11,14,17,22H,4-6,8,10H2,1-3H3/t14-/m1/s1. The van der Waals surface area contributed by atoms with Crippen LogP contribution in [0.25, 0.3) is 0 Å². The molecule has 2 N–H and O–H groups in total. The lowest BCUT2D eigenvalue weighted by Crippen LogP contribution is -2.45. The highest BCUT2D eigenvalue weighted by molar-refractivity contribution is 7.05. The molecule has 6 nitrogen and oxygen atoms in total. The fourth-order valence-electron chi connectivity index (χ4n) is 3.21. The second kappa shape index (κ2) is 6.67. The molecule has 1 aliphatic rings. The third-order valence-corrected chi connectivity index (χ3v) is 5.52. The van der Waals surface area contributed by atoms with E-state index in [1.54, 1.807) is 0 Å². The first-order valence-electron chi connectivity index (χ1n) is 8.19. The van der Waals surface area contributed by atoms with Gasteiger partial charge < -0.3 is 10.4 Å². The molecule has 23 heavy (non-hydrogen) atoms. The molecule has 0 bridgehead atoms. The Balaban J connectivity index is 1.76. The molecule has 0 radical (unpaired) electrons. The molecule has 0 amide bonds. The van der Waals surface area contributed by atoms with Gasteiger partial charge in [-0.3, -0.25) is 4.68 Å². The topological polar surface area (TPSA) is 75.9 Å². The molecular weight excluding hydrogens is 310 g/mol. The molecule has 1 aliphatic carbocycles. The maximum absolute atomic E-state index is 9.96. The van der Waals surface area contributed by atoms with Crippen molar-refractivity contribution < 1.29 is 5.11 Å². The summed E-state index contributed by atoms with van der Waals surface area (Å²) in [6, 6.07) is 0.0985. The molecule has 1 saturated carbocycles. The van der Waals surface area contributed by atoms with Gasteiger partial charge in [0.1, 0.15) is 10.8 Å². The van der Waals surface area contributed by atoms with Crippen LogP contribution in [0, 0.1) is 5.41 Å². The van der Waals surface area contributed by atoms with Crippen LogP contribution in [0.2, 0.25) is 0 Å². The summed E-state index contributed by atoms with van der Waals surface area (Å²) in [5, 5.41) is 18.9. The highest BCUT2D eigenvalue weighted by Gasteiger charge is 2.44. The predicted octanol–water partition coefficient (Wildman–Crippen LogP) is 2.39. The van der Waals surface area contributed by atoms with E-state index < -0.39 is 0 Å². The fourth-order valence-corrected chi connectivity index (χ4v) is 3.94. The van der Waals surface area contributed by atoms with Gasteiger partial charge in [0.15, 0.2) is 0 Å². The number of nitrogens with one attached hydrogen (secondary N) is 1. The molecule has 2 aromatic rings. The Kier molecular flexibility index (Phi) is 4.79. The second-order valence-electron chi connectivity index (χ2n) is 6.84. The smallest absolute Gasteiger partial charge is 0.145 e. The number of aliphatic hydroxyl groups is 1. The number of aliphatic hydroxyl groups excluding tert-OH is 1. The van der Waals surface area contributed by atoms with Gasteiger partial charge in [0.05, 0.1) is 12.8 Å². The molecule has 3 rings (SSSR count). The molecule has 2 aromatic heterocycles. The van der Waals surface area contributed by atoms with Crippen LogP contribution in [0.4, 0.5) is 0 Å². The van der Waals surface area contributed by atoms with Crippen molar-refractivity contribution in [1.82, 2.24) is 24.5 Å². The number of rotatable bonds is 7. The summed E-state index contributed by atoms with van der Waals surface area (Å²) in [6.45, 7) is 5.08. The number of aromatic nitrogens is 4. The van der Waals surface area contributed by atoms with Gasteiger partial charge in [-0.2, -0.15) is 9.47 Å². The molecule has 7 heteroatoms. The van der Waals surface area contributed by atoms with E-state index >= 15 is 0 Å². The Morgan fingerprint density at radius 1 is 1.43 bits per heavy atom. The minimum absolute atomic E-state index is 0.0748. The maximum Gasteiger partial charge on any atom is 0.145 e. The molecule has 1 atom stereocenters. The molecule has 0 saturated heterocycles. The lowest BCUT2D eigenvalue weighted by Gasteiger charge is -2.46. The highest BCUT2D eigenvalue weighted by atomic mass is 32.1. The molecule has 0 aromatic carbocycles. The van der Waals surface area contributed by atoms with Crippen molar-refractivity contribution in [3.05, 3.63) is 28.8 Å². The molecular formula is C16H25N5OS. The van der Waals surface area contributed by atoms with Gasteiger partial charge in [-0.15, -0.1) is 0 Å². The SMILES string of the molecule is CC(C)c1nsc(CN[C@H](c2cnn(C)c2)C2(CO)CCC2)n1. The summed E-state index contributed by atoms with van der Waals surface area (Å²) >= 11 is 1.46. The first-order chi connectivity index (χ1) is 11.0. The van der Waals surface area contributed by atoms with Crippen molar-refractivity contribution in [3.8, 4) is 0 Å². The van der Waals surface area contributed by atoms with E-state index in [9.17, 15) is 5.11 Å². The van der Waals surface area contributed by atoms with E-state index in [0.717, 1.165) is 29.2 Å². The average Bonchev–Trinajstić information content (AvgIpc) is 3.10. The fraction of sp³-hybridized carbons (Fsp3) is 0.688. The lowest BCUT2D eigenvalue weighted by molar-refractivity contribution is 0.00456. The van der Waals surface area contributed by atoms with Gasteiger partial charge in [-0.25, -0.2) is 4.98 Å². The molecule has 2 heterocycles. The summed E-state index contributed by atoms with van der Waals surface area (Å²) in [6.07, 6.45) is 7.20. The Morgan fingerprint density at radius 3 is 2.70 bits per heavy atom. The first-order valence-corrected chi connectivity index (χ1v) is 8.97. The molecule has 0 unspecified atom stereocenters. The quantitative estimate of drug-likeness (QED) is 0.812.